The second-order valence-electron chi connectivity index (χ2n) is 3.59. The molecule has 0 fully saturated rings. The third kappa shape index (κ3) is 1.95. The summed E-state index contributed by atoms with van der Waals surface area (Å²) < 4.78 is 1.78. The lowest BCUT2D eigenvalue weighted by atomic mass is 10.2. The maximum Gasteiger partial charge on any atom is 0.201 e. The van der Waals surface area contributed by atoms with Gasteiger partial charge in [0, 0.05) is 24.5 Å². The van der Waals surface area contributed by atoms with Crippen molar-refractivity contribution in [3.05, 3.63) is 47.6 Å². The van der Waals surface area contributed by atoms with E-state index < -0.39 is 0 Å². The number of aryl methyl sites for hydroxylation is 1. The number of ketones is 1. The molecule has 2 aromatic heterocycles. The van der Waals surface area contributed by atoms with Crippen LogP contribution in [0.1, 0.15) is 21.7 Å². The molecule has 0 aliphatic heterocycles. The quantitative estimate of drug-likeness (QED) is 0.628. The summed E-state index contributed by atoms with van der Waals surface area (Å²) in [6.07, 6.45) is 6.81. The van der Waals surface area contributed by atoms with Crippen molar-refractivity contribution in [2.75, 3.05) is 0 Å². The average molecular weight is 215 g/mol. The fourth-order valence-electron chi connectivity index (χ4n) is 1.42. The number of allylic oxidation sites excluding steroid dienone is 1. The van der Waals surface area contributed by atoms with E-state index in [1.54, 1.807) is 41.4 Å². The highest BCUT2D eigenvalue weighted by atomic mass is 16.1. The zero-order valence-corrected chi connectivity index (χ0v) is 9.27. The predicted molar refractivity (Wildman–Crippen MR) is 62.1 cm³/mol. The monoisotopic (exact) mass is 215 g/mol. The van der Waals surface area contributed by atoms with Crippen LogP contribution < -0.4 is 0 Å². The second-order valence-corrected chi connectivity index (χ2v) is 3.59. The number of rotatable bonds is 3. The van der Waals surface area contributed by atoms with Gasteiger partial charge in [-0.25, -0.2) is 0 Å². The van der Waals surface area contributed by atoms with E-state index in [1.807, 2.05) is 14.0 Å². The molecular weight excluding hydrogens is 202 g/mol. The van der Waals surface area contributed by atoms with Gasteiger partial charge in [0.25, 0.3) is 0 Å². The van der Waals surface area contributed by atoms with Crippen molar-refractivity contribution in [1.82, 2.24) is 14.8 Å². The summed E-state index contributed by atoms with van der Waals surface area (Å²) in [6.45, 7) is 1.96. The van der Waals surface area contributed by atoms with E-state index in [4.69, 9.17) is 0 Å². The number of aromatic amines is 1. The lowest BCUT2D eigenvalue weighted by molar-refractivity contribution is 0.104. The van der Waals surface area contributed by atoms with Crippen LogP contribution in [0.15, 0.2) is 30.6 Å². The summed E-state index contributed by atoms with van der Waals surface area (Å²) in [6, 6.07) is 3.55. The Morgan fingerprint density at radius 3 is 2.94 bits per heavy atom. The highest BCUT2D eigenvalue weighted by Crippen LogP contribution is 2.08. The smallest absolute Gasteiger partial charge is 0.201 e. The molecule has 0 atom stereocenters. The number of aromatic nitrogens is 3. The van der Waals surface area contributed by atoms with Gasteiger partial charge in [0.15, 0.2) is 0 Å². The van der Waals surface area contributed by atoms with Crippen LogP contribution in [-0.4, -0.2) is 20.5 Å². The van der Waals surface area contributed by atoms with Crippen LogP contribution in [0.2, 0.25) is 0 Å². The molecule has 4 nitrogen and oxygen atoms in total. The molecule has 0 bridgehead atoms. The molecule has 16 heavy (non-hydrogen) atoms. The Bertz CT molecular complexity index is 520. The van der Waals surface area contributed by atoms with Gasteiger partial charge in [-0.15, -0.1) is 0 Å². The number of carbonyl (C=O) groups is 1. The van der Waals surface area contributed by atoms with Crippen LogP contribution in [0, 0.1) is 6.92 Å². The van der Waals surface area contributed by atoms with Crippen molar-refractivity contribution >= 4 is 11.9 Å². The van der Waals surface area contributed by atoms with Gasteiger partial charge in [-0.3, -0.25) is 9.48 Å². The van der Waals surface area contributed by atoms with Crippen molar-refractivity contribution in [2.45, 2.75) is 6.92 Å². The molecule has 0 saturated heterocycles. The van der Waals surface area contributed by atoms with Crippen LogP contribution in [0.5, 0.6) is 0 Å². The first kappa shape index (κ1) is 10.4. The first-order valence-electron chi connectivity index (χ1n) is 5.03. The Morgan fingerprint density at radius 1 is 1.56 bits per heavy atom. The Balaban J connectivity index is 2.16. The van der Waals surface area contributed by atoms with E-state index >= 15 is 0 Å². The fourth-order valence-corrected chi connectivity index (χ4v) is 1.42. The number of hydrogen-bond donors (Lipinski definition) is 1. The third-order valence-corrected chi connectivity index (χ3v) is 2.55. The molecule has 0 spiro atoms. The molecule has 2 heterocycles. The van der Waals surface area contributed by atoms with Crippen LogP contribution in [0.3, 0.4) is 0 Å². The van der Waals surface area contributed by atoms with E-state index in [2.05, 4.69) is 10.1 Å². The number of nitrogens with one attached hydrogen (secondary N) is 1. The first-order chi connectivity index (χ1) is 7.68. The first-order valence-corrected chi connectivity index (χ1v) is 5.03. The minimum Gasteiger partial charge on any atom is -0.359 e. The topological polar surface area (TPSA) is 50.7 Å². The molecule has 0 saturated carbocycles. The van der Waals surface area contributed by atoms with Crippen LogP contribution in [-0.2, 0) is 7.05 Å². The molecule has 82 valence electrons. The molecule has 0 aromatic carbocycles. The largest absolute Gasteiger partial charge is 0.359 e. The van der Waals surface area contributed by atoms with Gasteiger partial charge in [-0.2, -0.15) is 5.10 Å². The molecule has 2 aromatic rings. The second kappa shape index (κ2) is 4.18. The van der Waals surface area contributed by atoms with Gasteiger partial charge < -0.3 is 4.98 Å². The van der Waals surface area contributed by atoms with Crippen molar-refractivity contribution in [1.29, 1.82) is 0 Å². The number of carbonyl (C=O) groups excluding carboxylic acids is 1. The molecule has 0 amide bonds. The van der Waals surface area contributed by atoms with Gasteiger partial charge in [0.05, 0.1) is 11.9 Å². The molecule has 4 heteroatoms. The van der Waals surface area contributed by atoms with Crippen molar-refractivity contribution in [2.24, 2.45) is 7.05 Å². The minimum absolute atomic E-state index is 0.0340. The third-order valence-electron chi connectivity index (χ3n) is 2.55. The van der Waals surface area contributed by atoms with E-state index in [9.17, 15) is 4.79 Å². The van der Waals surface area contributed by atoms with E-state index in [1.165, 1.54) is 0 Å². The number of hydrogen-bond acceptors (Lipinski definition) is 2. The van der Waals surface area contributed by atoms with Gasteiger partial charge in [0.2, 0.25) is 5.78 Å². The average Bonchev–Trinajstić information content (AvgIpc) is 2.89. The lowest BCUT2D eigenvalue weighted by Crippen LogP contribution is -1.94. The van der Waals surface area contributed by atoms with Crippen LogP contribution >= 0.6 is 0 Å². The number of nitrogens with zero attached hydrogens (tertiary/aromatic N) is 2. The Hall–Kier alpha value is -2.10. The van der Waals surface area contributed by atoms with Crippen molar-refractivity contribution < 1.29 is 4.79 Å². The normalized spacial score (nSPS) is 11.1. The van der Waals surface area contributed by atoms with Gasteiger partial charge in [-0.05, 0) is 31.2 Å². The zero-order valence-electron chi connectivity index (χ0n) is 9.27. The summed E-state index contributed by atoms with van der Waals surface area (Å²) >= 11 is 0. The summed E-state index contributed by atoms with van der Waals surface area (Å²) in [4.78, 5) is 14.5. The SMILES string of the molecule is Cc1c(/C=C/C(=O)c2ccc[nH]2)cnn1C. The lowest BCUT2D eigenvalue weighted by Gasteiger charge is -1.93. The zero-order chi connectivity index (χ0) is 11.5. The summed E-state index contributed by atoms with van der Waals surface area (Å²) in [7, 11) is 1.87. The minimum atomic E-state index is -0.0340. The summed E-state index contributed by atoms with van der Waals surface area (Å²) in [5, 5.41) is 4.10. The highest BCUT2D eigenvalue weighted by Gasteiger charge is 2.03. The predicted octanol–water partition coefficient (Wildman–Crippen LogP) is 1.95. The molecule has 0 radical (unpaired) electrons. The van der Waals surface area contributed by atoms with Crippen LogP contribution in [0.25, 0.3) is 6.08 Å². The van der Waals surface area contributed by atoms with Gasteiger partial charge in [-0.1, -0.05) is 0 Å². The van der Waals surface area contributed by atoms with Gasteiger partial charge in [0.1, 0.15) is 0 Å². The Kier molecular flexibility index (Phi) is 2.72. The fraction of sp³-hybridized carbons (Fsp3) is 0.167. The van der Waals surface area contributed by atoms with Crippen molar-refractivity contribution in [3.8, 4) is 0 Å². The standard InChI is InChI=1S/C12H13N3O/c1-9-10(8-14-15(9)2)5-6-12(16)11-4-3-7-13-11/h3-8,13H,1-2H3/b6-5+. The maximum atomic E-state index is 11.7. The number of H-pyrrole nitrogens is 1. The highest BCUT2D eigenvalue weighted by molar-refractivity contribution is 6.05. The van der Waals surface area contributed by atoms with E-state index in [-0.39, 0.29) is 5.78 Å². The molecule has 2 rings (SSSR count). The van der Waals surface area contributed by atoms with E-state index in [0.717, 1.165) is 11.3 Å². The van der Waals surface area contributed by atoms with Crippen molar-refractivity contribution in [3.63, 3.8) is 0 Å². The molecule has 1 N–H and O–H groups in total. The summed E-state index contributed by atoms with van der Waals surface area (Å²) in [5.74, 6) is -0.0340. The summed E-state index contributed by atoms with van der Waals surface area (Å²) in [5.41, 5.74) is 2.59. The van der Waals surface area contributed by atoms with Gasteiger partial charge >= 0.3 is 0 Å². The maximum absolute atomic E-state index is 11.7. The molecule has 0 aliphatic rings. The molecule has 0 aliphatic carbocycles. The Morgan fingerprint density at radius 2 is 2.38 bits per heavy atom. The molecular formula is C12H13N3O. The van der Waals surface area contributed by atoms with E-state index in [0.29, 0.717) is 5.69 Å². The molecule has 0 unspecified atom stereocenters. The Labute approximate surface area is 93.6 Å². The van der Waals surface area contributed by atoms with Crippen LogP contribution in [0.4, 0.5) is 0 Å².